The molecule has 4 N–H and O–H groups in total. The van der Waals surface area contributed by atoms with Crippen LogP contribution in [-0.4, -0.2) is 11.8 Å². The molecule has 2 rings (SSSR count). The van der Waals surface area contributed by atoms with Crippen molar-refractivity contribution in [1.29, 1.82) is 0 Å². The lowest BCUT2D eigenvalue weighted by atomic mass is 10.0. The third kappa shape index (κ3) is 1.69. The fourth-order valence-corrected chi connectivity index (χ4v) is 1.73. The maximum Gasteiger partial charge on any atom is 0.252 e. The van der Waals surface area contributed by atoms with E-state index in [9.17, 15) is 9.59 Å². The van der Waals surface area contributed by atoms with Crippen molar-refractivity contribution in [2.75, 3.05) is 0 Å². The second-order valence-electron chi connectivity index (χ2n) is 3.38. The zero-order chi connectivity index (χ0) is 10.8. The fourth-order valence-electron chi connectivity index (χ4n) is 1.73. The Morgan fingerprint density at radius 3 is 2.93 bits per heavy atom. The maximum atomic E-state index is 11.5. The van der Waals surface area contributed by atoms with Gasteiger partial charge in [-0.25, -0.2) is 5.84 Å². The summed E-state index contributed by atoms with van der Waals surface area (Å²) in [6, 6.07) is 6.94. The fraction of sp³-hybridized carbons (Fsp3) is 0.200. The molecule has 2 amide bonds. The van der Waals surface area contributed by atoms with Crippen molar-refractivity contribution >= 4 is 11.8 Å². The molecule has 1 aromatic rings. The quantitative estimate of drug-likeness (QED) is 0.356. The number of fused-ring (bicyclic) bond motifs is 1. The highest BCUT2D eigenvalue weighted by molar-refractivity contribution is 5.99. The molecular formula is C10H11N3O2. The van der Waals surface area contributed by atoms with Crippen LogP contribution in [0.25, 0.3) is 0 Å². The number of nitrogens with two attached hydrogens (primary N) is 1. The highest BCUT2D eigenvalue weighted by atomic mass is 16.2. The molecule has 0 aliphatic carbocycles. The number of benzene rings is 1. The standard InChI is InChI=1S/C10H11N3O2/c11-13-9(14)5-8-6-3-1-2-4-7(6)10(15)12-8/h1-4,8H,5,11H2,(H,12,15)(H,13,14). The second kappa shape index (κ2) is 3.70. The van der Waals surface area contributed by atoms with Gasteiger partial charge in [-0.2, -0.15) is 0 Å². The lowest BCUT2D eigenvalue weighted by molar-refractivity contribution is -0.121. The van der Waals surface area contributed by atoms with Crippen molar-refractivity contribution < 1.29 is 9.59 Å². The van der Waals surface area contributed by atoms with Crippen molar-refractivity contribution in [3.8, 4) is 0 Å². The minimum absolute atomic E-state index is 0.138. The Bertz CT molecular complexity index is 417. The molecule has 0 bridgehead atoms. The summed E-state index contributed by atoms with van der Waals surface area (Å²) in [7, 11) is 0. The molecule has 1 heterocycles. The van der Waals surface area contributed by atoms with E-state index in [1.165, 1.54) is 0 Å². The van der Waals surface area contributed by atoms with Gasteiger partial charge in [0.05, 0.1) is 12.5 Å². The first-order valence-corrected chi connectivity index (χ1v) is 4.61. The molecule has 5 nitrogen and oxygen atoms in total. The third-order valence-corrected chi connectivity index (χ3v) is 2.44. The Morgan fingerprint density at radius 2 is 2.20 bits per heavy atom. The van der Waals surface area contributed by atoms with Gasteiger partial charge in [0.2, 0.25) is 5.91 Å². The molecule has 78 valence electrons. The van der Waals surface area contributed by atoms with E-state index in [0.29, 0.717) is 5.56 Å². The zero-order valence-corrected chi connectivity index (χ0v) is 7.99. The molecule has 0 saturated carbocycles. The van der Waals surface area contributed by atoms with Gasteiger partial charge in [0.1, 0.15) is 0 Å². The van der Waals surface area contributed by atoms with Gasteiger partial charge in [-0.3, -0.25) is 15.0 Å². The number of carbonyl (C=O) groups excluding carboxylic acids is 2. The number of rotatable bonds is 2. The summed E-state index contributed by atoms with van der Waals surface area (Å²) in [5.74, 6) is 4.56. The Hall–Kier alpha value is -1.88. The van der Waals surface area contributed by atoms with Crippen LogP contribution in [0.2, 0.25) is 0 Å². The van der Waals surface area contributed by atoms with Crippen molar-refractivity contribution in [2.24, 2.45) is 5.84 Å². The van der Waals surface area contributed by atoms with Crippen LogP contribution in [-0.2, 0) is 4.79 Å². The Labute approximate surface area is 86.6 Å². The molecule has 1 atom stereocenters. The van der Waals surface area contributed by atoms with Crippen molar-refractivity contribution in [1.82, 2.24) is 10.7 Å². The van der Waals surface area contributed by atoms with Gasteiger partial charge in [-0.15, -0.1) is 0 Å². The minimum Gasteiger partial charge on any atom is -0.345 e. The van der Waals surface area contributed by atoms with E-state index in [0.717, 1.165) is 5.56 Å². The third-order valence-electron chi connectivity index (χ3n) is 2.44. The molecule has 0 spiro atoms. The van der Waals surface area contributed by atoms with Crippen LogP contribution in [0.5, 0.6) is 0 Å². The van der Waals surface area contributed by atoms with Crippen molar-refractivity contribution in [2.45, 2.75) is 12.5 Å². The molecule has 1 unspecified atom stereocenters. The van der Waals surface area contributed by atoms with Crippen LogP contribution in [0.1, 0.15) is 28.4 Å². The molecule has 1 aliphatic heterocycles. The summed E-state index contributed by atoms with van der Waals surface area (Å²) in [5.41, 5.74) is 3.53. The maximum absolute atomic E-state index is 11.5. The average Bonchev–Trinajstić information content (AvgIpc) is 2.57. The van der Waals surface area contributed by atoms with E-state index in [1.807, 2.05) is 17.6 Å². The number of amides is 2. The summed E-state index contributed by atoms with van der Waals surface area (Å²) in [6.07, 6.45) is 0.166. The Kier molecular flexibility index (Phi) is 2.39. The molecule has 1 aromatic carbocycles. The summed E-state index contributed by atoms with van der Waals surface area (Å²) in [4.78, 5) is 22.6. The predicted octanol–water partition coefficient (Wildman–Crippen LogP) is -0.149. The van der Waals surface area contributed by atoms with Gasteiger partial charge >= 0.3 is 0 Å². The monoisotopic (exact) mass is 205 g/mol. The van der Waals surface area contributed by atoms with E-state index in [-0.39, 0.29) is 24.3 Å². The zero-order valence-electron chi connectivity index (χ0n) is 7.99. The van der Waals surface area contributed by atoms with Crippen LogP contribution in [0, 0.1) is 0 Å². The lowest BCUT2D eigenvalue weighted by Crippen LogP contribution is -2.33. The van der Waals surface area contributed by atoms with Gasteiger partial charge in [0, 0.05) is 5.56 Å². The van der Waals surface area contributed by atoms with E-state index >= 15 is 0 Å². The first kappa shape index (κ1) is 9.67. The molecule has 0 aromatic heterocycles. The van der Waals surface area contributed by atoms with Crippen molar-refractivity contribution in [3.05, 3.63) is 35.4 Å². The number of carbonyl (C=O) groups is 2. The first-order valence-electron chi connectivity index (χ1n) is 4.61. The molecule has 0 radical (unpaired) electrons. The number of hydrogen-bond donors (Lipinski definition) is 3. The topological polar surface area (TPSA) is 84.2 Å². The number of nitrogens with one attached hydrogen (secondary N) is 2. The smallest absolute Gasteiger partial charge is 0.252 e. The molecule has 0 fully saturated rings. The van der Waals surface area contributed by atoms with Gasteiger partial charge < -0.3 is 5.32 Å². The van der Waals surface area contributed by atoms with E-state index in [2.05, 4.69) is 5.32 Å². The second-order valence-corrected chi connectivity index (χ2v) is 3.38. The highest BCUT2D eigenvalue weighted by Crippen LogP contribution is 2.26. The Morgan fingerprint density at radius 1 is 1.47 bits per heavy atom. The van der Waals surface area contributed by atoms with Crippen LogP contribution in [0.15, 0.2) is 24.3 Å². The summed E-state index contributed by atoms with van der Waals surface area (Å²) >= 11 is 0. The van der Waals surface area contributed by atoms with E-state index < -0.39 is 0 Å². The van der Waals surface area contributed by atoms with Crippen LogP contribution < -0.4 is 16.6 Å². The summed E-state index contributed by atoms with van der Waals surface area (Å²) < 4.78 is 0. The van der Waals surface area contributed by atoms with E-state index in [4.69, 9.17) is 5.84 Å². The van der Waals surface area contributed by atoms with Gasteiger partial charge in [0.25, 0.3) is 5.91 Å². The first-order chi connectivity index (χ1) is 7.22. The lowest BCUT2D eigenvalue weighted by Gasteiger charge is -2.09. The highest BCUT2D eigenvalue weighted by Gasteiger charge is 2.29. The van der Waals surface area contributed by atoms with Gasteiger partial charge in [0.15, 0.2) is 0 Å². The molecule has 1 aliphatic rings. The van der Waals surface area contributed by atoms with Crippen LogP contribution in [0.4, 0.5) is 0 Å². The predicted molar refractivity (Wildman–Crippen MR) is 53.6 cm³/mol. The summed E-state index contributed by atoms with van der Waals surface area (Å²) in [5, 5.41) is 2.73. The molecule has 0 saturated heterocycles. The normalized spacial score (nSPS) is 18.2. The van der Waals surface area contributed by atoms with Crippen molar-refractivity contribution in [3.63, 3.8) is 0 Å². The average molecular weight is 205 g/mol. The molecular weight excluding hydrogens is 194 g/mol. The van der Waals surface area contributed by atoms with Gasteiger partial charge in [-0.05, 0) is 11.6 Å². The molecule has 15 heavy (non-hydrogen) atoms. The van der Waals surface area contributed by atoms with E-state index in [1.54, 1.807) is 12.1 Å². The van der Waals surface area contributed by atoms with Crippen LogP contribution >= 0.6 is 0 Å². The number of hydrogen-bond acceptors (Lipinski definition) is 3. The Balaban J connectivity index is 2.25. The SMILES string of the molecule is NNC(=O)CC1NC(=O)c2ccccc21. The van der Waals surface area contributed by atoms with Gasteiger partial charge in [-0.1, -0.05) is 18.2 Å². The molecule has 5 heteroatoms. The summed E-state index contributed by atoms with van der Waals surface area (Å²) in [6.45, 7) is 0. The largest absolute Gasteiger partial charge is 0.345 e. The minimum atomic E-state index is -0.294. The van der Waals surface area contributed by atoms with Crippen LogP contribution in [0.3, 0.4) is 0 Å². The number of hydrazine groups is 1.